The number of piperidine rings is 1. The first kappa shape index (κ1) is 20.0. The number of amides is 1. The molecule has 0 radical (unpaired) electrons. The Kier molecular flexibility index (Phi) is 5.56. The summed E-state index contributed by atoms with van der Waals surface area (Å²) in [6.07, 6.45) is 8.03. The molecule has 1 spiro atoms. The summed E-state index contributed by atoms with van der Waals surface area (Å²) in [5.41, 5.74) is 2.55. The third-order valence-electron chi connectivity index (χ3n) is 7.72. The number of likely N-dealkylation sites (tertiary alicyclic amines) is 2. The van der Waals surface area contributed by atoms with Crippen LogP contribution in [-0.4, -0.2) is 78.3 Å². The molecule has 5 rings (SSSR count). The highest BCUT2D eigenvalue weighted by molar-refractivity contribution is 5.84. The Hall–Kier alpha value is -1.89. The molecule has 0 aliphatic carbocycles. The van der Waals surface area contributed by atoms with E-state index in [1.807, 2.05) is 19.4 Å². The average Bonchev–Trinajstić information content (AvgIpc) is 3.21. The number of H-pyrrole nitrogens is 1. The number of fused-ring (bicyclic) bond motifs is 1. The zero-order chi connectivity index (χ0) is 20.6. The molecule has 3 saturated heterocycles. The highest BCUT2D eigenvalue weighted by Crippen LogP contribution is 2.44. The van der Waals surface area contributed by atoms with Crippen molar-refractivity contribution in [2.24, 2.45) is 0 Å². The number of ether oxygens (including phenoxy) is 2. The van der Waals surface area contributed by atoms with Crippen LogP contribution in [0.2, 0.25) is 0 Å². The standard InChI is InChI=1S/C24H33N3O3/c1-29-22-17-27(24(22)10-14-30-15-11-24)19-8-12-26(13-9-19)23(28)7-6-18-16-25-21-5-3-2-4-20(18)21/h2-5,16,19,22,25H,6-15,17H2,1H3. The number of rotatable bonds is 5. The summed E-state index contributed by atoms with van der Waals surface area (Å²) in [5.74, 6) is 0.290. The average molecular weight is 412 g/mol. The third kappa shape index (κ3) is 3.45. The third-order valence-corrected chi connectivity index (χ3v) is 7.72. The van der Waals surface area contributed by atoms with Gasteiger partial charge in [-0.3, -0.25) is 9.69 Å². The smallest absolute Gasteiger partial charge is 0.222 e. The van der Waals surface area contributed by atoms with Crippen LogP contribution >= 0.6 is 0 Å². The SMILES string of the molecule is COC1CN(C2CCN(C(=O)CCc3c[nH]c4ccccc34)CC2)C12CCOCC2. The van der Waals surface area contributed by atoms with E-state index in [0.717, 1.165) is 70.5 Å². The number of benzene rings is 1. The van der Waals surface area contributed by atoms with Gasteiger partial charge in [0.1, 0.15) is 0 Å². The predicted octanol–water partition coefficient (Wildman–Crippen LogP) is 2.97. The number of carbonyl (C=O) groups is 1. The quantitative estimate of drug-likeness (QED) is 0.822. The first-order valence-electron chi connectivity index (χ1n) is 11.4. The van der Waals surface area contributed by atoms with Gasteiger partial charge in [0.25, 0.3) is 0 Å². The molecular weight excluding hydrogens is 378 g/mol. The van der Waals surface area contributed by atoms with E-state index in [1.165, 1.54) is 10.9 Å². The first-order chi connectivity index (χ1) is 14.7. The van der Waals surface area contributed by atoms with Gasteiger partial charge in [0.2, 0.25) is 5.91 Å². The molecule has 6 heteroatoms. The Labute approximate surface area is 178 Å². The van der Waals surface area contributed by atoms with Gasteiger partial charge in [0.05, 0.1) is 11.6 Å². The maximum Gasteiger partial charge on any atom is 0.222 e. The molecule has 4 heterocycles. The highest BCUT2D eigenvalue weighted by atomic mass is 16.5. The lowest BCUT2D eigenvalue weighted by Gasteiger charge is -2.63. The van der Waals surface area contributed by atoms with E-state index >= 15 is 0 Å². The highest BCUT2D eigenvalue weighted by Gasteiger charge is 2.56. The fraction of sp³-hybridized carbons (Fsp3) is 0.625. The van der Waals surface area contributed by atoms with Crippen LogP contribution in [0, 0.1) is 0 Å². The number of para-hydroxylation sites is 1. The van der Waals surface area contributed by atoms with Crippen molar-refractivity contribution in [2.75, 3.05) is 40.0 Å². The lowest BCUT2D eigenvalue weighted by atomic mass is 9.73. The van der Waals surface area contributed by atoms with Gasteiger partial charge in [0.15, 0.2) is 0 Å². The summed E-state index contributed by atoms with van der Waals surface area (Å²) in [5, 5.41) is 1.23. The van der Waals surface area contributed by atoms with E-state index < -0.39 is 0 Å². The van der Waals surface area contributed by atoms with Crippen LogP contribution < -0.4 is 0 Å². The Morgan fingerprint density at radius 1 is 1.23 bits per heavy atom. The van der Waals surface area contributed by atoms with Crippen molar-refractivity contribution in [1.29, 1.82) is 0 Å². The van der Waals surface area contributed by atoms with Gasteiger partial charge < -0.3 is 19.4 Å². The minimum Gasteiger partial charge on any atom is -0.381 e. The van der Waals surface area contributed by atoms with E-state index in [2.05, 4.69) is 33.0 Å². The van der Waals surface area contributed by atoms with E-state index in [1.54, 1.807) is 0 Å². The van der Waals surface area contributed by atoms with Gasteiger partial charge in [-0.15, -0.1) is 0 Å². The maximum atomic E-state index is 12.8. The summed E-state index contributed by atoms with van der Waals surface area (Å²) >= 11 is 0. The summed E-state index contributed by atoms with van der Waals surface area (Å²) in [6, 6.07) is 8.87. The fourth-order valence-electron chi connectivity index (χ4n) is 5.91. The lowest BCUT2D eigenvalue weighted by molar-refractivity contribution is -0.208. The van der Waals surface area contributed by atoms with Crippen molar-refractivity contribution in [3.63, 3.8) is 0 Å². The molecule has 0 bridgehead atoms. The first-order valence-corrected chi connectivity index (χ1v) is 11.4. The monoisotopic (exact) mass is 411 g/mol. The van der Waals surface area contributed by atoms with Crippen LogP contribution in [0.25, 0.3) is 10.9 Å². The molecule has 0 saturated carbocycles. The largest absolute Gasteiger partial charge is 0.381 e. The van der Waals surface area contributed by atoms with Crippen molar-refractivity contribution in [1.82, 2.24) is 14.8 Å². The number of hydrogen-bond acceptors (Lipinski definition) is 4. The number of nitrogens with one attached hydrogen (secondary N) is 1. The number of nitrogens with zero attached hydrogens (tertiary/aromatic N) is 2. The fourth-order valence-corrected chi connectivity index (χ4v) is 5.91. The van der Waals surface area contributed by atoms with Crippen LogP contribution in [0.5, 0.6) is 0 Å². The molecule has 30 heavy (non-hydrogen) atoms. The zero-order valence-electron chi connectivity index (χ0n) is 17.9. The van der Waals surface area contributed by atoms with Crippen molar-refractivity contribution < 1.29 is 14.3 Å². The summed E-state index contributed by atoms with van der Waals surface area (Å²) in [6.45, 7) is 4.44. The van der Waals surface area contributed by atoms with E-state index in [4.69, 9.17) is 9.47 Å². The number of methoxy groups -OCH3 is 1. The Morgan fingerprint density at radius 2 is 2.00 bits per heavy atom. The normalized spacial score (nSPS) is 25.0. The molecule has 162 valence electrons. The molecule has 1 aromatic heterocycles. The Bertz CT molecular complexity index is 881. The van der Waals surface area contributed by atoms with Crippen molar-refractivity contribution in [3.8, 4) is 0 Å². The van der Waals surface area contributed by atoms with Crippen LogP contribution in [-0.2, 0) is 20.7 Å². The molecule has 1 aromatic carbocycles. The zero-order valence-corrected chi connectivity index (χ0v) is 17.9. The lowest BCUT2D eigenvalue weighted by Crippen LogP contribution is -2.75. The van der Waals surface area contributed by atoms with Gasteiger partial charge in [-0.2, -0.15) is 0 Å². The maximum absolute atomic E-state index is 12.8. The number of aromatic amines is 1. The number of aromatic nitrogens is 1. The molecule has 2 aromatic rings. The van der Waals surface area contributed by atoms with Crippen molar-refractivity contribution in [3.05, 3.63) is 36.0 Å². The number of carbonyl (C=O) groups excluding carboxylic acids is 1. The molecule has 3 aliphatic heterocycles. The molecule has 1 amide bonds. The second-order valence-electron chi connectivity index (χ2n) is 9.06. The second kappa shape index (κ2) is 8.33. The van der Waals surface area contributed by atoms with E-state index in [-0.39, 0.29) is 11.4 Å². The topological polar surface area (TPSA) is 57.8 Å². The van der Waals surface area contributed by atoms with Gasteiger partial charge in [-0.1, -0.05) is 18.2 Å². The minimum atomic E-state index is 0.166. The van der Waals surface area contributed by atoms with Crippen LogP contribution in [0.3, 0.4) is 0 Å². The van der Waals surface area contributed by atoms with Crippen molar-refractivity contribution >= 4 is 16.8 Å². The number of aryl methyl sites for hydroxylation is 1. The van der Waals surface area contributed by atoms with Crippen LogP contribution in [0.1, 0.15) is 37.7 Å². The van der Waals surface area contributed by atoms with Gasteiger partial charge in [0, 0.05) is 69.5 Å². The molecule has 1 unspecified atom stereocenters. The van der Waals surface area contributed by atoms with Gasteiger partial charge in [-0.25, -0.2) is 0 Å². The van der Waals surface area contributed by atoms with Crippen molar-refractivity contribution in [2.45, 2.75) is 56.2 Å². The van der Waals surface area contributed by atoms with Gasteiger partial charge in [-0.05, 0) is 43.7 Å². The Balaban J connectivity index is 1.15. The summed E-state index contributed by atoms with van der Waals surface area (Å²) in [4.78, 5) is 20.9. The summed E-state index contributed by atoms with van der Waals surface area (Å²) < 4.78 is 11.4. The number of hydrogen-bond donors (Lipinski definition) is 1. The van der Waals surface area contributed by atoms with E-state index in [9.17, 15) is 4.79 Å². The summed E-state index contributed by atoms with van der Waals surface area (Å²) in [7, 11) is 1.84. The van der Waals surface area contributed by atoms with Gasteiger partial charge >= 0.3 is 0 Å². The van der Waals surface area contributed by atoms with Crippen LogP contribution in [0.4, 0.5) is 0 Å². The molecule has 1 N–H and O–H groups in total. The molecule has 6 nitrogen and oxygen atoms in total. The molecule has 3 fully saturated rings. The molecule has 1 atom stereocenters. The second-order valence-corrected chi connectivity index (χ2v) is 9.06. The molecular formula is C24H33N3O3. The van der Waals surface area contributed by atoms with E-state index in [0.29, 0.717) is 18.6 Å². The predicted molar refractivity (Wildman–Crippen MR) is 117 cm³/mol. The minimum absolute atomic E-state index is 0.166. The molecule has 3 aliphatic rings. The Morgan fingerprint density at radius 3 is 2.77 bits per heavy atom. The van der Waals surface area contributed by atoms with Crippen LogP contribution in [0.15, 0.2) is 30.5 Å².